The lowest BCUT2D eigenvalue weighted by Gasteiger charge is -2.22. The number of hydrogen-bond donors (Lipinski definition) is 1. The SMILES string of the molecule is CCCCN(CCNc1cccc(Cl)c1)C1CC1. The summed E-state index contributed by atoms with van der Waals surface area (Å²) in [6.45, 7) is 5.64. The smallest absolute Gasteiger partial charge is 0.0426 e. The summed E-state index contributed by atoms with van der Waals surface area (Å²) in [6.07, 6.45) is 5.38. The third kappa shape index (κ3) is 4.51. The average Bonchev–Trinajstić information content (AvgIpc) is 3.18. The number of benzene rings is 1. The molecule has 1 saturated carbocycles. The number of hydrogen-bond acceptors (Lipinski definition) is 2. The zero-order chi connectivity index (χ0) is 12.8. The molecule has 1 fully saturated rings. The molecule has 2 rings (SSSR count). The minimum atomic E-state index is 0.796. The van der Waals surface area contributed by atoms with Crippen LogP contribution in [-0.2, 0) is 0 Å². The first-order valence-electron chi connectivity index (χ1n) is 7.03. The highest BCUT2D eigenvalue weighted by Gasteiger charge is 2.27. The number of nitrogens with zero attached hydrogens (tertiary/aromatic N) is 1. The molecule has 0 saturated heterocycles. The highest BCUT2D eigenvalue weighted by Crippen LogP contribution is 2.26. The lowest BCUT2D eigenvalue weighted by molar-refractivity contribution is 0.269. The third-order valence-corrected chi connectivity index (χ3v) is 3.65. The predicted octanol–water partition coefficient (Wildman–Crippen LogP) is 4.02. The van der Waals surface area contributed by atoms with Gasteiger partial charge in [-0.3, -0.25) is 4.90 Å². The van der Waals surface area contributed by atoms with Crippen molar-refractivity contribution >= 4 is 17.3 Å². The summed E-state index contributed by atoms with van der Waals surface area (Å²) >= 11 is 5.96. The van der Waals surface area contributed by atoms with Crippen LogP contribution in [0, 0.1) is 0 Å². The molecule has 1 aromatic carbocycles. The summed E-state index contributed by atoms with van der Waals surface area (Å²) in [5.41, 5.74) is 1.12. The van der Waals surface area contributed by atoms with E-state index in [2.05, 4.69) is 23.2 Å². The fraction of sp³-hybridized carbons (Fsp3) is 0.600. The van der Waals surface area contributed by atoms with E-state index in [1.807, 2.05) is 18.2 Å². The molecular weight excluding hydrogens is 244 g/mol. The molecule has 100 valence electrons. The largest absolute Gasteiger partial charge is 0.384 e. The molecular formula is C15H23ClN2. The zero-order valence-electron chi connectivity index (χ0n) is 11.2. The molecule has 0 bridgehead atoms. The highest BCUT2D eigenvalue weighted by atomic mass is 35.5. The summed E-state index contributed by atoms with van der Waals surface area (Å²) < 4.78 is 0. The molecule has 0 aliphatic heterocycles. The summed E-state index contributed by atoms with van der Waals surface area (Å²) in [6, 6.07) is 8.80. The monoisotopic (exact) mass is 266 g/mol. The Labute approximate surface area is 115 Å². The van der Waals surface area contributed by atoms with E-state index in [1.165, 1.54) is 32.2 Å². The van der Waals surface area contributed by atoms with Crippen LogP contribution in [0.4, 0.5) is 5.69 Å². The van der Waals surface area contributed by atoms with E-state index in [9.17, 15) is 0 Å². The van der Waals surface area contributed by atoms with Gasteiger partial charge in [-0.1, -0.05) is 31.0 Å². The molecule has 0 radical (unpaired) electrons. The number of nitrogens with one attached hydrogen (secondary N) is 1. The summed E-state index contributed by atoms with van der Waals surface area (Å²) in [4.78, 5) is 2.63. The van der Waals surface area contributed by atoms with Gasteiger partial charge in [0.15, 0.2) is 0 Å². The summed E-state index contributed by atoms with van der Waals surface area (Å²) in [5.74, 6) is 0. The van der Waals surface area contributed by atoms with Crippen LogP contribution in [0.5, 0.6) is 0 Å². The van der Waals surface area contributed by atoms with Crippen molar-refractivity contribution in [2.24, 2.45) is 0 Å². The lowest BCUT2D eigenvalue weighted by Crippen LogP contribution is -2.32. The van der Waals surface area contributed by atoms with E-state index in [0.717, 1.165) is 29.8 Å². The average molecular weight is 267 g/mol. The van der Waals surface area contributed by atoms with E-state index < -0.39 is 0 Å². The molecule has 3 heteroatoms. The molecule has 0 aromatic heterocycles. The van der Waals surface area contributed by atoms with Gasteiger partial charge in [0.2, 0.25) is 0 Å². The van der Waals surface area contributed by atoms with Crippen molar-refractivity contribution < 1.29 is 0 Å². The molecule has 1 aromatic rings. The number of rotatable bonds is 8. The number of anilines is 1. The van der Waals surface area contributed by atoms with Gasteiger partial charge in [0, 0.05) is 29.8 Å². The summed E-state index contributed by atoms with van der Waals surface area (Å²) in [7, 11) is 0. The van der Waals surface area contributed by atoms with Crippen LogP contribution >= 0.6 is 11.6 Å². The minimum Gasteiger partial charge on any atom is -0.384 e. The molecule has 18 heavy (non-hydrogen) atoms. The second-order valence-corrected chi connectivity index (χ2v) is 5.49. The van der Waals surface area contributed by atoms with Gasteiger partial charge in [0.05, 0.1) is 0 Å². The fourth-order valence-corrected chi connectivity index (χ4v) is 2.41. The molecule has 2 nitrogen and oxygen atoms in total. The molecule has 1 aliphatic rings. The Morgan fingerprint density at radius 1 is 1.33 bits per heavy atom. The van der Waals surface area contributed by atoms with Gasteiger partial charge >= 0.3 is 0 Å². The quantitative estimate of drug-likeness (QED) is 0.765. The van der Waals surface area contributed by atoms with E-state index in [1.54, 1.807) is 0 Å². The van der Waals surface area contributed by atoms with Gasteiger partial charge in [-0.25, -0.2) is 0 Å². The van der Waals surface area contributed by atoms with Crippen LogP contribution in [-0.4, -0.2) is 30.6 Å². The number of unbranched alkanes of at least 4 members (excludes halogenated alkanes) is 1. The van der Waals surface area contributed by atoms with E-state index in [4.69, 9.17) is 11.6 Å². The Kier molecular flexibility index (Phi) is 5.33. The molecule has 0 spiro atoms. The molecule has 1 aliphatic carbocycles. The first kappa shape index (κ1) is 13.7. The molecule has 0 heterocycles. The Bertz CT molecular complexity index is 363. The van der Waals surface area contributed by atoms with E-state index >= 15 is 0 Å². The number of halogens is 1. The lowest BCUT2D eigenvalue weighted by atomic mass is 10.3. The maximum Gasteiger partial charge on any atom is 0.0426 e. The van der Waals surface area contributed by atoms with Gasteiger partial charge in [0.1, 0.15) is 0 Å². The molecule has 0 atom stereocenters. The normalized spacial score (nSPS) is 15.1. The summed E-state index contributed by atoms with van der Waals surface area (Å²) in [5, 5.41) is 4.25. The van der Waals surface area contributed by atoms with Crippen molar-refractivity contribution in [3.05, 3.63) is 29.3 Å². The second kappa shape index (κ2) is 7.01. The topological polar surface area (TPSA) is 15.3 Å². The van der Waals surface area contributed by atoms with Crippen LogP contribution in [0.3, 0.4) is 0 Å². The van der Waals surface area contributed by atoms with Gasteiger partial charge in [0.25, 0.3) is 0 Å². The zero-order valence-corrected chi connectivity index (χ0v) is 11.9. The van der Waals surface area contributed by atoms with Crippen molar-refractivity contribution in [3.8, 4) is 0 Å². The van der Waals surface area contributed by atoms with Crippen LogP contribution < -0.4 is 5.32 Å². The van der Waals surface area contributed by atoms with Crippen molar-refractivity contribution in [1.29, 1.82) is 0 Å². The van der Waals surface area contributed by atoms with Gasteiger partial charge in [-0.15, -0.1) is 0 Å². The van der Waals surface area contributed by atoms with Crippen molar-refractivity contribution in [2.75, 3.05) is 25.0 Å². The van der Waals surface area contributed by atoms with Crippen molar-refractivity contribution in [3.63, 3.8) is 0 Å². The molecule has 0 unspecified atom stereocenters. The second-order valence-electron chi connectivity index (χ2n) is 5.06. The Morgan fingerprint density at radius 3 is 2.83 bits per heavy atom. The van der Waals surface area contributed by atoms with Gasteiger partial charge in [-0.2, -0.15) is 0 Å². The van der Waals surface area contributed by atoms with Crippen LogP contribution in [0.2, 0.25) is 5.02 Å². The minimum absolute atomic E-state index is 0.796. The van der Waals surface area contributed by atoms with Crippen LogP contribution in [0.1, 0.15) is 32.6 Å². The first-order chi connectivity index (χ1) is 8.79. The predicted molar refractivity (Wildman–Crippen MR) is 79.4 cm³/mol. The maximum absolute atomic E-state index is 5.96. The van der Waals surface area contributed by atoms with Crippen molar-refractivity contribution in [2.45, 2.75) is 38.6 Å². The van der Waals surface area contributed by atoms with E-state index in [-0.39, 0.29) is 0 Å². The van der Waals surface area contributed by atoms with E-state index in [0.29, 0.717) is 0 Å². The highest BCUT2D eigenvalue weighted by molar-refractivity contribution is 6.30. The Morgan fingerprint density at radius 2 is 2.17 bits per heavy atom. The van der Waals surface area contributed by atoms with Crippen molar-refractivity contribution in [1.82, 2.24) is 4.90 Å². The Balaban J connectivity index is 1.72. The van der Waals surface area contributed by atoms with Crippen LogP contribution in [0.25, 0.3) is 0 Å². The Hall–Kier alpha value is -0.730. The van der Waals surface area contributed by atoms with Gasteiger partial charge in [-0.05, 0) is 44.0 Å². The fourth-order valence-electron chi connectivity index (χ4n) is 2.22. The first-order valence-corrected chi connectivity index (χ1v) is 7.41. The third-order valence-electron chi connectivity index (χ3n) is 3.41. The molecule has 1 N–H and O–H groups in total. The standard InChI is InChI=1S/C15H23ClN2/c1-2-3-10-18(15-7-8-15)11-9-17-14-6-4-5-13(16)12-14/h4-6,12,15,17H,2-3,7-11H2,1H3. The van der Waals surface area contributed by atoms with Gasteiger partial charge < -0.3 is 5.32 Å². The maximum atomic E-state index is 5.96. The molecule has 0 amide bonds. The van der Waals surface area contributed by atoms with Crippen LogP contribution in [0.15, 0.2) is 24.3 Å².